The van der Waals surface area contributed by atoms with Gasteiger partial charge in [0.25, 0.3) is 5.89 Å². The molecule has 0 saturated carbocycles. The van der Waals surface area contributed by atoms with Crippen LogP contribution < -0.4 is 9.47 Å². The van der Waals surface area contributed by atoms with Crippen molar-refractivity contribution < 1.29 is 14.0 Å². The van der Waals surface area contributed by atoms with Crippen molar-refractivity contribution in [2.45, 2.75) is 17.0 Å². The van der Waals surface area contributed by atoms with Crippen LogP contribution in [0.2, 0.25) is 5.02 Å². The molecule has 0 unspecified atom stereocenters. The Bertz CT molecular complexity index is 1180. The van der Waals surface area contributed by atoms with E-state index >= 15 is 0 Å². The Morgan fingerprint density at radius 2 is 1.90 bits per heavy atom. The van der Waals surface area contributed by atoms with Crippen molar-refractivity contribution in [3.05, 3.63) is 65.2 Å². The maximum Gasteiger partial charge on any atom is 0.257 e. The number of hydrogen-bond acceptors (Lipinski definition) is 8. The van der Waals surface area contributed by atoms with E-state index in [0.29, 0.717) is 40.7 Å². The molecule has 0 saturated heterocycles. The predicted octanol–water partition coefficient (Wildman–Crippen LogP) is 4.32. The van der Waals surface area contributed by atoms with Gasteiger partial charge in [0, 0.05) is 17.6 Å². The van der Waals surface area contributed by atoms with Crippen LogP contribution in [0.1, 0.15) is 17.8 Å². The third-order valence-electron chi connectivity index (χ3n) is 4.55. The molecule has 0 radical (unpaired) electrons. The van der Waals surface area contributed by atoms with Crippen LogP contribution in [-0.2, 0) is 12.8 Å². The number of aromatic nitrogens is 5. The van der Waals surface area contributed by atoms with E-state index in [4.69, 9.17) is 25.6 Å². The molecule has 0 fully saturated rings. The van der Waals surface area contributed by atoms with Gasteiger partial charge in [-0.1, -0.05) is 40.7 Å². The Balaban J connectivity index is 1.26. The van der Waals surface area contributed by atoms with E-state index in [2.05, 4.69) is 20.3 Å². The van der Waals surface area contributed by atoms with Crippen LogP contribution in [0.3, 0.4) is 0 Å². The monoisotopic (exact) mass is 441 g/mol. The number of halogens is 1. The van der Waals surface area contributed by atoms with Gasteiger partial charge >= 0.3 is 0 Å². The zero-order valence-corrected chi connectivity index (χ0v) is 17.4. The summed E-state index contributed by atoms with van der Waals surface area (Å²) in [5.74, 6) is 3.65. The molecule has 2 aromatic carbocycles. The van der Waals surface area contributed by atoms with Crippen molar-refractivity contribution in [3.63, 3.8) is 0 Å². The maximum atomic E-state index is 6.03. The van der Waals surface area contributed by atoms with Crippen LogP contribution >= 0.6 is 23.4 Å². The zero-order chi connectivity index (χ0) is 20.5. The number of fused-ring (bicyclic) bond motifs is 1. The van der Waals surface area contributed by atoms with Crippen molar-refractivity contribution >= 4 is 23.4 Å². The van der Waals surface area contributed by atoms with Gasteiger partial charge in [0.15, 0.2) is 34.4 Å². The van der Waals surface area contributed by atoms with Crippen molar-refractivity contribution in [1.82, 2.24) is 24.9 Å². The van der Waals surface area contributed by atoms with E-state index in [0.717, 1.165) is 16.5 Å². The number of hydrogen-bond donors (Lipinski definition) is 0. The second-order valence-corrected chi connectivity index (χ2v) is 7.95. The fourth-order valence-corrected chi connectivity index (χ4v) is 3.92. The highest BCUT2D eigenvalue weighted by atomic mass is 35.5. The van der Waals surface area contributed by atoms with Crippen LogP contribution in [0.15, 0.2) is 58.2 Å². The van der Waals surface area contributed by atoms with Crippen LogP contribution in [0.4, 0.5) is 0 Å². The minimum absolute atomic E-state index is 0.326. The molecule has 0 bridgehead atoms. The summed E-state index contributed by atoms with van der Waals surface area (Å²) in [6, 6.07) is 14.8. The van der Waals surface area contributed by atoms with E-state index in [1.807, 2.05) is 48.0 Å². The van der Waals surface area contributed by atoms with E-state index in [1.165, 1.54) is 11.8 Å². The standard InChI is InChI=1S/C20H16ClN5O3S/c1-26-18(16-10-27-14-4-2-3-5-15(14)28-16)23-24-20(26)30-11-17-22-19(29-25-17)12-6-8-13(21)9-7-12/h2-9,16H,10-11H2,1H3/t16-/m0/s1. The molecule has 0 amide bonds. The third kappa shape index (κ3) is 3.73. The quantitative estimate of drug-likeness (QED) is 0.423. The molecule has 2 aromatic heterocycles. The molecule has 1 atom stereocenters. The lowest BCUT2D eigenvalue weighted by Gasteiger charge is -2.25. The molecule has 10 heteroatoms. The summed E-state index contributed by atoms with van der Waals surface area (Å²) < 4.78 is 19.1. The van der Waals surface area contributed by atoms with E-state index in [1.54, 1.807) is 12.1 Å². The number of ether oxygens (including phenoxy) is 2. The second kappa shape index (κ2) is 8.00. The summed E-state index contributed by atoms with van der Waals surface area (Å²) in [5, 5.41) is 14.0. The topological polar surface area (TPSA) is 88.1 Å². The lowest BCUT2D eigenvalue weighted by molar-refractivity contribution is 0.0825. The largest absolute Gasteiger partial charge is 0.485 e. The molecule has 30 heavy (non-hydrogen) atoms. The van der Waals surface area contributed by atoms with Crippen LogP contribution in [0.25, 0.3) is 11.5 Å². The second-order valence-electron chi connectivity index (χ2n) is 6.58. The summed E-state index contributed by atoms with van der Waals surface area (Å²) in [6.07, 6.45) is -0.326. The Kier molecular flexibility index (Phi) is 5.06. The molecule has 152 valence electrons. The molecular formula is C20H16ClN5O3S. The molecule has 0 aliphatic carbocycles. The lowest BCUT2D eigenvalue weighted by atomic mass is 10.2. The van der Waals surface area contributed by atoms with Crippen LogP contribution in [-0.4, -0.2) is 31.5 Å². The Hall–Kier alpha value is -3.04. The molecule has 1 aliphatic heterocycles. The number of para-hydroxylation sites is 2. The molecule has 8 nitrogen and oxygen atoms in total. The lowest BCUT2D eigenvalue weighted by Crippen LogP contribution is -2.24. The number of thioether (sulfide) groups is 1. The first kappa shape index (κ1) is 19.0. The average molecular weight is 442 g/mol. The summed E-state index contributed by atoms with van der Waals surface area (Å²) in [7, 11) is 1.90. The Labute approximate surface area is 181 Å². The van der Waals surface area contributed by atoms with Crippen molar-refractivity contribution in [2.75, 3.05) is 6.61 Å². The van der Waals surface area contributed by atoms with Crippen molar-refractivity contribution in [1.29, 1.82) is 0 Å². The molecule has 4 aromatic rings. The third-order valence-corrected chi connectivity index (χ3v) is 5.82. The molecular weight excluding hydrogens is 426 g/mol. The van der Waals surface area contributed by atoms with Gasteiger partial charge in [0.1, 0.15) is 6.61 Å². The van der Waals surface area contributed by atoms with Gasteiger partial charge in [-0.2, -0.15) is 4.98 Å². The predicted molar refractivity (Wildman–Crippen MR) is 111 cm³/mol. The van der Waals surface area contributed by atoms with Gasteiger partial charge in [-0.3, -0.25) is 0 Å². The van der Waals surface area contributed by atoms with E-state index < -0.39 is 0 Å². The number of benzene rings is 2. The zero-order valence-electron chi connectivity index (χ0n) is 15.9. The Morgan fingerprint density at radius 1 is 1.10 bits per heavy atom. The van der Waals surface area contributed by atoms with Gasteiger partial charge in [-0.05, 0) is 36.4 Å². The van der Waals surface area contributed by atoms with Gasteiger partial charge < -0.3 is 18.6 Å². The van der Waals surface area contributed by atoms with Gasteiger partial charge in [-0.15, -0.1) is 10.2 Å². The molecule has 0 spiro atoms. The smallest absolute Gasteiger partial charge is 0.257 e. The first-order chi connectivity index (χ1) is 14.7. The van der Waals surface area contributed by atoms with Crippen LogP contribution in [0.5, 0.6) is 11.5 Å². The van der Waals surface area contributed by atoms with Gasteiger partial charge in [0.05, 0.1) is 5.75 Å². The first-order valence-corrected chi connectivity index (χ1v) is 10.5. The highest BCUT2D eigenvalue weighted by Gasteiger charge is 2.27. The fourth-order valence-electron chi connectivity index (χ4n) is 3.03. The summed E-state index contributed by atoms with van der Waals surface area (Å²) in [5.41, 5.74) is 0.818. The molecule has 0 N–H and O–H groups in total. The van der Waals surface area contributed by atoms with E-state index in [9.17, 15) is 0 Å². The number of rotatable bonds is 5. The van der Waals surface area contributed by atoms with Gasteiger partial charge in [0.2, 0.25) is 0 Å². The first-order valence-electron chi connectivity index (χ1n) is 9.16. The highest BCUT2D eigenvalue weighted by molar-refractivity contribution is 7.98. The molecule has 5 rings (SSSR count). The average Bonchev–Trinajstić information content (AvgIpc) is 3.39. The minimum atomic E-state index is -0.326. The number of nitrogens with zero attached hydrogens (tertiary/aromatic N) is 5. The van der Waals surface area contributed by atoms with Gasteiger partial charge in [-0.25, -0.2) is 0 Å². The minimum Gasteiger partial charge on any atom is -0.485 e. The summed E-state index contributed by atoms with van der Waals surface area (Å²) in [4.78, 5) is 4.43. The molecule has 1 aliphatic rings. The van der Waals surface area contributed by atoms with Crippen molar-refractivity contribution in [2.24, 2.45) is 7.05 Å². The van der Waals surface area contributed by atoms with Crippen LogP contribution in [0, 0.1) is 0 Å². The Morgan fingerprint density at radius 3 is 2.73 bits per heavy atom. The maximum absolute atomic E-state index is 6.03. The van der Waals surface area contributed by atoms with Crippen molar-refractivity contribution in [3.8, 4) is 23.0 Å². The normalized spacial score (nSPS) is 15.3. The SMILES string of the molecule is Cn1c(SCc2noc(-c3ccc(Cl)cc3)n2)nnc1[C@@H]1COc2ccccc2O1. The van der Waals surface area contributed by atoms with E-state index in [-0.39, 0.29) is 6.10 Å². The molecule has 3 heterocycles. The summed E-state index contributed by atoms with van der Waals surface area (Å²) in [6.45, 7) is 0.378. The summed E-state index contributed by atoms with van der Waals surface area (Å²) >= 11 is 7.39. The highest BCUT2D eigenvalue weighted by Crippen LogP contribution is 2.36. The fraction of sp³-hybridized carbons (Fsp3) is 0.200.